The van der Waals surface area contributed by atoms with Gasteiger partial charge in [-0.3, -0.25) is 0 Å². The molecule has 0 saturated carbocycles. The topological polar surface area (TPSA) is 3.24 Å². The summed E-state index contributed by atoms with van der Waals surface area (Å²) in [5.41, 5.74) is 1.33. The Hall–Kier alpha value is -1.89. The van der Waals surface area contributed by atoms with Gasteiger partial charge in [-0.2, -0.15) is 0 Å². The largest absolute Gasteiger partial charge is 0.407 e. The van der Waals surface area contributed by atoms with Gasteiger partial charge in [0.2, 0.25) is 0 Å². The Kier molecular flexibility index (Phi) is 1.93. The fraction of sp³-hybridized carbons (Fsp3) is 0.133. The number of hydrogen-bond acceptors (Lipinski definition) is 1. The van der Waals surface area contributed by atoms with E-state index >= 15 is 0 Å². The number of anilines is 1. The molecule has 0 aliphatic rings. The van der Waals surface area contributed by atoms with Crippen LogP contribution in [-0.4, -0.2) is 14.1 Å². The molecule has 80 valence electrons. The molecule has 0 saturated heterocycles. The van der Waals surface area contributed by atoms with Crippen LogP contribution in [0.5, 0.6) is 0 Å². The van der Waals surface area contributed by atoms with Gasteiger partial charge in [-0.15, -0.1) is 30.3 Å². The van der Waals surface area contributed by atoms with Gasteiger partial charge in [-0.05, 0) is 19.8 Å². The SMILES string of the molecule is CN(C)c1c2ccccc2[c-]2ccccc12. The molecule has 3 aromatic rings. The molecule has 0 fully saturated rings. The third kappa shape index (κ3) is 1.15. The van der Waals surface area contributed by atoms with Crippen molar-refractivity contribution in [2.75, 3.05) is 19.0 Å². The first kappa shape index (κ1) is 9.34. The Bertz CT molecular complexity index is 593. The number of benzene rings is 2. The van der Waals surface area contributed by atoms with Gasteiger partial charge in [0.15, 0.2) is 0 Å². The standard InChI is InChI=1S/C15H14N/c1-16(2)15-13-9-5-3-7-11(13)12-8-4-6-10-14(12)15/h3-10H,1-2H3/q-1. The Balaban J connectivity index is 2.59. The van der Waals surface area contributed by atoms with E-state index in [1.807, 2.05) is 0 Å². The molecule has 3 aromatic carbocycles. The quantitative estimate of drug-likeness (QED) is 0.550. The molecule has 3 rings (SSSR count). The molecule has 0 spiro atoms. The summed E-state index contributed by atoms with van der Waals surface area (Å²) in [4.78, 5) is 2.20. The minimum absolute atomic E-state index is 1.33. The summed E-state index contributed by atoms with van der Waals surface area (Å²) in [6.07, 6.45) is 0. The minimum Gasteiger partial charge on any atom is -0.407 e. The van der Waals surface area contributed by atoms with Crippen molar-refractivity contribution in [3.8, 4) is 0 Å². The molecule has 0 heterocycles. The van der Waals surface area contributed by atoms with Gasteiger partial charge in [-0.25, -0.2) is 0 Å². The third-order valence-corrected chi connectivity index (χ3v) is 3.10. The van der Waals surface area contributed by atoms with Crippen LogP contribution in [0.4, 0.5) is 5.69 Å². The second-order valence-corrected chi connectivity index (χ2v) is 4.33. The highest BCUT2D eigenvalue weighted by molar-refractivity contribution is 6.21. The Labute approximate surface area is 95.3 Å². The van der Waals surface area contributed by atoms with Gasteiger partial charge in [0.1, 0.15) is 0 Å². The molecule has 0 bridgehead atoms. The lowest BCUT2D eigenvalue weighted by Gasteiger charge is -2.17. The Morgan fingerprint density at radius 3 is 2.38 bits per heavy atom. The van der Waals surface area contributed by atoms with Crippen molar-refractivity contribution in [1.29, 1.82) is 0 Å². The van der Waals surface area contributed by atoms with Gasteiger partial charge in [0.05, 0.1) is 0 Å². The predicted molar refractivity (Wildman–Crippen MR) is 71.4 cm³/mol. The average Bonchev–Trinajstić information content (AvgIpc) is 2.63. The smallest absolute Gasteiger partial charge is 0.000718 e. The van der Waals surface area contributed by atoms with E-state index in [1.165, 1.54) is 27.2 Å². The molecule has 0 aliphatic heterocycles. The summed E-state index contributed by atoms with van der Waals surface area (Å²) in [5.74, 6) is 0. The second-order valence-electron chi connectivity index (χ2n) is 4.33. The summed E-state index contributed by atoms with van der Waals surface area (Å²) in [5, 5.41) is 5.38. The lowest BCUT2D eigenvalue weighted by atomic mass is 10.2. The fourth-order valence-corrected chi connectivity index (χ4v) is 2.48. The van der Waals surface area contributed by atoms with Crippen LogP contribution in [0.25, 0.3) is 21.5 Å². The molecule has 0 aliphatic carbocycles. The van der Waals surface area contributed by atoms with Crippen LogP contribution in [0.1, 0.15) is 0 Å². The molecule has 0 atom stereocenters. The first-order chi connectivity index (χ1) is 7.79. The van der Waals surface area contributed by atoms with E-state index in [9.17, 15) is 0 Å². The number of nitrogens with zero attached hydrogens (tertiary/aromatic N) is 1. The second kappa shape index (κ2) is 3.31. The van der Waals surface area contributed by atoms with Crippen LogP contribution in [-0.2, 0) is 0 Å². The zero-order chi connectivity index (χ0) is 11.1. The van der Waals surface area contributed by atoms with E-state index in [0.717, 1.165) is 0 Å². The predicted octanol–water partition coefficient (Wildman–Crippen LogP) is 3.78. The first-order valence-corrected chi connectivity index (χ1v) is 5.52. The summed E-state index contributed by atoms with van der Waals surface area (Å²) >= 11 is 0. The molecular weight excluding hydrogens is 194 g/mol. The molecule has 0 radical (unpaired) electrons. The number of rotatable bonds is 1. The summed E-state index contributed by atoms with van der Waals surface area (Å²) in [6, 6.07) is 17.2. The van der Waals surface area contributed by atoms with E-state index in [2.05, 4.69) is 67.5 Å². The third-order valence-electron chi connectivity index (χ3n) is 3.10. The van der Waals surface area contributed by atoms with Crippen molar-refractivity contribution in [2.24, 2.45) is 0 Å². The molecule has 0 N–H and O–H groups in total. The molecule has 0 unspecified atom stereocenters. The monoisotopic (exact) mass is 208 g/mol. The van der Waals surface area contributed by atoms with E-state index < -0.39 is 0 Å². The zero-order valence-corrected chi connectivity index (χ0v) is 9.57. The number of hydrogen-bond donors (Lipinski definition) is 0. The highest BCUT2D eigenvalue weighted by atomic mass is 15.1. The fourth-order valence-electron chi connectivity index (χ4n) is 2.48. The van der Waals surface area contributed by atoms with Crippen LogP contribution in [0, 0.1) is 0 Å². The maximum absolute atomic E-state index is 2.20. The van der Waals surface area contributed by atoms with Crippen molar-refractivity contribution in [3.05, 3.63) is 48.5 Å². The van der Waals surface area contributed by atoms with Crippen LogP contribution in [0.3, 0.4) is 0 Å². The van der Waals surface area contributed by atoms with Crippen molar-refractivity contribution in [3.63, 3.8) is 0 Å². The molecule has 0 amide bonds. The molecule has 0 aromatic heterocycles. The maximum atomic E-state index is 2.20. The van der Waals surface area contributed by atoms with E-state index in [0.29, 0.717) is 0 Å². The summed E-state index contributed by atoms with van der Waals surface area (Å²) in [6.45, 7) is 0. The number of fused-ring (bicyclic) bond motifs is 3. The van der Waals surface area contributed by atoms with Crippen LogP contribution in [0.15, 0.2) is 48.5 Å². The van der Waals surface area contributed by atoms with E-state index in [1.54, 1.807) is 0 Å². The van der Waals surface area contributed by atoms with Crippen LogP contribution >= 0.6 is 0 Å². The average molecular weight is 208 g/mol. The highest BCUT2D eigenvalue weighted by Crippen LogP contribution is 2.38. The highest BCUT2D eigenvalue weighted by Gasteiger charge is 2.04. The molecule has 1 heteroatoms. The van der Waals surface area contributed by atoms with Gasteiger partial charge in [-0.1, -0.05) is 39.7 Å². The van der Waals surface area contributed by atoms with Crippen molar-refractivity contribution in [1.82, 2.24) is 0 Å². The Morgan fingerprint density at radius 2 is 1.56 bits per heavy atom. The normalized spacial score (nSPS) is 11.1. The lowest BCUT2D eigenvalue weighted by molar-refractivity contribution is 1.15. The van der Waals surface area contributed by atoms with Crippen molar-refractivity contribution < 1.29 is 0 Å². The minimum atomic E-state index is 1.33. The molecular formula is C15H14N-. The van der Waals surface area contributed by atoms with E-state index in [-0.39, 0.29) is 0 Å². The lowest BCUT2D eigenvalue weighted by Crippen LogP contribution is -2.07. The van der Waals surface area contributed by atoms with Crippen molar-refractivity contribution in [2.45, 2.75) is 0 Å². The first-order valence-electron chi connectivity index (χ1n) is 5.52. The van der Waals surface area contributed by atoms with Gasteiger partial charge in [0.25, 0.3) is 0 Å². The van der Waals surface area contributed by atoms with Crippen LogP contribution in [0.2, 0.25) is 0 Å². The van der Waals surface area contributed by atoms with Crippen molar-refractivity contribution >= 4 is 27.2 Å². The molecule has 16 heavy (non-hydrogen) atoms. The summed E-state index contributed by atoms with van der Waals surface area (Å²) in [7, 11) is 4.21. The zero-order valence-electron chi connectivity index (χ0n) is 9.57. The van der Waals surface area contributed by atoms with Gasteiger partial charge >= 0.3 is 0 Å². The summed E-state index contributed by atoms with van der Waals surface area (Å²) < 4.78 is 0. The van der Waals surface area contributed by atoms with Gasteiger partial charge in [0, 0.05) is 0 Å². The van der Waals surface area contributed by atoms with Gasteiger partial charge < -0.3 is 4.90 Å². The molecule has 1 nitrogen and oxygen atoms in total. The van der Waals surface area contributed by atoms with E-state index in [4.69, 9.17) is 0 Å². The van der Waals surface area contributed by atoms with Crippen LogP contribution < -0.4 is 4.90 Å². The maximum Gasteiger partial charge on any atom is -0.000718 e. The Morgan fingerprint density at radius 1 is 0.875 bits per heavy atom.